The fourth-order valence-corrected chi connectivity index (χ4v) is 2.04. The molecule has 4 nitrogen and oxygen atoms in total. The summed E-state index contributed by atoms with van der Waals surface area (Å²) in [6.45, 7) is 1.92. The standard InChI is InChI=1S/C13H11BrClN3O/c1-8-3-2-4-16-10(8)6-12(19)18-11-5-9(14)7-17-13(11)15/h2-5,7H,6H2,1H3,(H,18,19). The van der Waals surface area contributed by atoms with Crippen LogP contribution in [0.5, 0.6) is 0 Å². The van der Waals surface area contributed by atoms with Crippen LogP contribution in [-0.2, 0) is 11.2 Å². The van der Waals surface area contributed by atoms with Crippen molar-refractivity contribution in [2.75, 3.05) is 5.32 Å². The highest BCUT2D eigenvalue weighted by atomic mass is 79.9. The zero-order chi connectivity index (χ0) is 13.8. The van der Waals surface area contributed by atoms with Crippen molar-refractivity contribution in [2.45, 2.75) is 13.3 Å². The van der Waals surface area contributed by atoms with Gasteiger partial charge < -0.3 is 5.32 Å². The Hall–Kier alpha value is -1.46. The maximum Gasteiger partial charge on any atom is 0.230 e. The number of rotatable bonds is 3. The molecule has 0 bridgehead atoms. The number of halogens is 2. The molecule has 1 amide bonds. The van der Waals surface area contributed by atoms with E-state index in [1.54, 1.807) is 18.5 Å². The molecule has 0 aromatic carbocycles. The average Bonchev–Trinajstić information content (AvgIpc) is 2.37. The summed E-state index contributed by atoms with van der Waals surface area (Å²) in [7, 11) is 0. The summed E-state index contributed by atoms with van der Waals surface area (Å²) >= 11 is 9.19. The monoisotopic (exact) mass is 339 g/mol. The zero-order valence-corrected chi connectivity index (χ0v) is 12.5. The van der Waals surface area contributed by atoms with Gasteiger partial charge in [-0.1, -0.05) is 17.7 Å². The van der Waals surface area contributed by atoms with Crippen LogP contribution in [0.25, 0.3) is 0 Å². The van der Waals surface area contributed by atoms with Gasteiger partial charge in [0.05, 0.1) is 17.8 Å². The van der Waals surface area contributed by atoms with Gasteiger partial charge in [-0.25, -0.2) is 4.98 Å². The molecule has 6 heteroatoms. The van der Waals surface area contributed by atoms with E-state index in [2.05, 4.69) is 31.2 Å². The molecule has 19 heavy (non-hydrogen) atoms. The highest BCUT2D eigenvalue weighted by molar-refractivity contribution is 9.10. The molecule has 2 heterocycles. The maximum absolute atomic E-state index is 11.9. The van der Waals surface area contributed by atoms with E-state index in [0.29, 0.717) is 5.69 Å². The molecule has 2 rings (SSSR count). The third kappa shape index (κ3) is 3.75. The second kappa shape index (κ2) is 6.12. The van der Waals surface area contributed by atoms with Gasteiger partial charge in [-0.3, -0.25) is 9.78 Å². The van der Waals surface area contributed by atoms with Crippen LogP contribution in [0.1, 0.15) is 11.3 Å². The Balaban J connectivity index is 2.10. The molecule has 1 N–H and O–H groups in total. The quantitative estimate of drug-likeness (QED) is 0.872. The third-order valence-electron chi connectivity index (χ3n) is 2.53. The first-order valence-electron chi connectivity index (χ1n) is 5.57. The number of amides is 1. The van der Waals surface area contributed by atoms with Gasteiger partial charge >= 0.3 is 0 Å². The number of hydrogen-bond donors (Lipinski definition) is 1. The number of aromatic nitrogens is 2. The summed E-state index contributed by atoms with van der Waals surface area (Å²) in [6, 6.07) is 5.47. The first-order chi connectivity index (χ1) is 9.06. The lowest BCUT2D eigenvalue weighted by Gasteiger charge is -2.08. The molecule has 2 aromatic heterocycles. The van der Waals surface area contributed by atoms with Crippen molar-refractivity contribution in [3.05, 3.63) is 51.5 Å². The summed E-state index contributed by atoms with van der Waals surface area (Å²) < 4.78 is 0.751. The molecule has 98 valence electrons. The highest BCUT2D eigenvalue weighted by Gasteiger charge is 2.10. The number of aryl methyl sites for hydroxylation is 1. The number of nitrogens with one attached hydrogen (secondary N) is 1. The lowest BCUT2D eigenvalue weighted by molar-refractivity contribution is -0.115. The van der Waals surface area contributed by atoms with Gasteiger partial charge in [0.25, 0.3) is 0 Å². The second-order valence-electron chi connectivity index (χ2n) is 3.98. The van der Waals surface area contributed by atoms with E-state index in [4.69, 9.17) is 11.6 Å². The molecule has 0 aliphatic carbocycles. The SMILES string of the molecule is Cc1cccnc1CC(=O)Nc1cc(Br)cnc1Cl. The minimum atomic E-state index is -0.177. The normalized spacial score (nSPS) is 10.3. The van der Waals surface area contributed by atoms with E-state index >= 15 is 0 Å². The van der Waals surface area contributed by atoms with Gasteiger partial charge in [0.2, 0.25) is 5.91 Å². The van der Waals surface area contributed by atoms with Crippen LogP contribution in [0.4, 0.5) is 5.69 Å². The Labute approximate surface area is 124 Å². The molecule has 0 aliphatic rings. The summed E-state index contributed by atoms with van der Waals surface area (Å²) in [5.74, 6) is -0.177. The van der Waals surface area contributed by atoms with Gasteiger partial charge in [-0.15, -0.1) is 0 Å². The number of pyridine rings is 2. The average molecular weight is 341 g/mol. The number of carbonyl (C=O) groups is 1. The topological polar surface area (TPSA) is 54.9 Å². The van der Waals surface area contributed by atoms with Crippen molar-refractivity contribution < 1.29 is 4.79 Å². The Morgan fingerprint density at radius 1 is 1.47 bits per heavy atom. The highest BCUT2D eigenvalue weighted by Crippen LogP contribution is 2.23. The molecule has 0 unspecified atom stereocenters. The van der Waals surface area contributed by atoms with Gasteiger partial charge in [0.1, 0.15) is 0 Å². The van der Waals surface area contributed by atoms with Crippen LogP contribution in [0.3, 0.4) is 0 Å². The van der Waals surface area contributed by atoms with Crippen molar-refractivity contribution in [1.29, 1.82) is 0 Å². The smallest absolute Gasteiger partial charge is 0.230 e. The van der Waals surface area contributed by atoms with Crippen LogP contribution >= 0.6 is 27.5 Å². The molecule has 0 spiro atoms. The molecular weight excluding hydrogens is 330 g/mol. The summed E-state index contributed by atoms with van der Waals surface area (Å²) in [5.41, 5.74) is 2.21. The van der Waals surface area contributed by atoms with Gasteiger partial charge in [-0.05, 0) is 40.5 Å². The Kier molecular flexibility index (Phi) is 4.50. The van der Waals surface area contributed by atoms with Crippen LogP contribution < -0.4 is 5.32 Å². The van der Waals surface area contributed by atoms with Crippen LogP contribution in [0.15, 0.2) is 35.1 Å². The second-order valence-corrected chi connectivity index (χ2v) is 5.26. The fourth-order valence-electron chi connectivity index (χ4n) is 1.56. The fraction of sp³-hybridized carbons (Fsp3) is 0.154. The van der Waals surface area contributed by atoms with E-state index < -0.39 is 0 Å². The summed E-state index contributed by atoms with van der Waals surface area (Å²) in [4.78, 5) is 20.1. The van der Waals surface area contributed by atoms with E-state index in [1.807, 2.05) is 19.1 Å². The Bertz CT molecular complexity index is 619. The van der Waals surface area contributed by atoms with Gasteiger partial charge in [0.15, 0.2) is 5.15 Å². The predicted molar refractivity (Wildman–Crippen MR) is 78.3 cm³/mol. The van der Waals surface area contributed by atoms with Gasteiger partial charge in [-0.2, -0.15) is 0 Å². The van der Waals surface area contributed by atoms with E-state index in [0.717, 1.165) is 15.7 Å². The van der Waals surface area contributed by atoms with Crippen LogP contribution in [0.2, 0.25) is 5.15 Å². The molecule has 2 aromatic rings. The Morgan fingerprint density at radius 3 is 3.00 bits per heavy atom. The van der Waals surface area contributed by atoms with Crippen molar-refractivity contribution >= 4 is 39.1 Å². The minimum absolute atomic E-state index is 0.177. The largest absolute Gasteiger partial charge is 0.323 e. The van der Waals surface area contributed by atoms with E-state index in [1.165, 1.54) is 0 Å². The number of carbonyl (C=O) groups excluding carboxylic acids is 1. The van der Waals surface area contributed by atoms with Gasteiger partial charge in [0, 0.05) is 16.9 Å². The number of hydrogen-bond acceptors (Lipinski definition) is 3. The van der Waals surface area contributed by atoms with Crippen LogP contribution in [-0.4, -0.2) is 15.9 Å². The van der Waals surface area contributed by atoms with Crippen molar-refractivity contribution in [2.24, 2.45) is 0 Å². The molecule has 0 saturated heterocycles. The summed E-state index contributed by atoms with van der Waals surface area (Å²) in [5, 5.41) is 2.98. The van der Waals surface area contributed by atoms with Crippen LogP contribution in [0, 0.1) is 6.92 Å². The molecule has 0 aliphatic heterocycles. The number of anilines is 1. The lowest BCUT2D eigenvalue weighted by Crippen LogP contribution is -2.16. The summed E-state index contributed by atoms with van der Waals surface area (Å²) in [6.07, 6.45) is 3.44. The maximum atomic E-state index is 11.9. The molecule has 0 atom stereocenters. The van der Waals surface area contributed by atoms with Crippen molar-refractivity contribution in [1.82, 2.24) is 9.97 Å². The molecule has 0 fully saturated rings. The zero-order valence-electron chi connectivity index (χ0n) is 10.2. The van der Waals surface area contributed by atoms with E-state index in [9.17, 15) is 4.79 Å². The Morgan fingerprint density at radius 2 is 2.26 bits per heavy atom. The molecule has 0 radical (unpaired) electrons. The number of nitrogens with zero attached hydrogens (tertiary/aromatic N) is 2. The predicted octanol–water partition coefficient (Wildman–Crippen LogP) is 3.38. The molecular formula is C13H11BrClN3O. The van der Waals surface area contributed by atoms with Crippen molar-refractivity contribution in [3.63, 3.8) is 0 Å². The van der Waals surface area contributed by atoms with E-state index in [-0.39, 0.29) is 17.5 Å². The first-order valence-corrected chi connectivity index (χ1v) is 6.75. The molecule has 0 saturated carbocycles. The minimum Gasteiger partial charge on any atom is -0.323 e. The van der Waals surface area contributed by atoms with Crippen molar-refractivity contribution in [3.8, 4) is 0 Å². The first kappa shape index (κ1) is 14.0. The third-order valence-corrected chi connectivity index (χ3v) is 3.26. The lowest BCUT2D eigenvalue weighted by atomic mass is 10.1.